The molecule has 0 spiro atoms. The van der Waals surface area contributed by atoms with Crippen LogP contribution in [0.2, 0.25) is 0 Å². The van der Waals surface area contributed by atoms with Gasteiger partial charge in [0.05, 0.1) is 16.0 Å². The van der Waals surface area contributed by atoms with E-state index in [-0.39, 0.29) is 22.1 Å². The first-order chi connectivity index (χ1) is 15.2. The number of rotatable bonds is 6. The van der Waals surface area contributed by atoms with Gasteiger partial charge in [-0.25, -0.2) is 17.7 Å². The molecule has 4 rings (SSSR count). The fourth-order valence-electron chi connectivity index (χ4n) is 3.64. The molecule has 1 aliphatic rings. The molecule has 8 nitrogen and oxygen atoms in total. The van der Waals surface area contributed by atoms with Crippen LogP contribution < -0.4 is 10.9 Å². The summed E-state index contributed by atoms with van der Waals surface area (Å²) in [4.78, 5) is 34.6. The number of thioether (sulfide) groups is 1. The van der Waals surface area contributed by atoms with E-state index in [0.717, 1.165) is 57.7 Å². The number of sulfonamides is 1. The molecule has 0 fully saturated rings. The summed E-state index contributed by atoms with van der Waals surface area (Å²) in [7, 11) is -0.692. The summed E-state index contributed by atoms with van der Waals surface area (Å²) in [6.07, 6.45) is 4.13. The number of benzene rings is 1. The molecule has 11 heteroatoms. The van der Waals surface area contributed by atoms with Crippen molar-refractivity contribution in [2.24, 2.45) is 0 Å². The number of nitrogens with zero attached hydrogens (tertiary/aromatic N) is 2. The molecule has 3 aromatic rings. The lowest BCUT2D eigenvalue weighted by Gasteiger charge is -2.14. The second-order valence-corrected chi connectivity index (χ2v) is 12.1. The number of aromatic nitrogens is 2. The topological polar surface area (TPSA) is 112 Å². The number of hydrogen-bond donors (Lipinski definition) is 2. The van der Waals surface area contributed by atoms with Crippen LogP contribution in [0.5, 0.6) is 0 Å². The number of nitrogens with one attached hydrogen (secondary N) is 2. The van der Waals surface area contributed by atoms with E-state index in [9.17, 15) is 18.0 Å². The molecule has 0 radical (unpaired) electrons. The molecule has 0 atom stereocenters. The van der Waals surface area contributed by atoms with E-state index < -0.39 is 10.0 Å². The average Bonchev–Trinajstić information content (AvgIpc) is 3.12. The van der Waals surface area contributed by atoms with Crippen LogP contribution in [0.4, 0.5) is 5.69 Å². The van der Waals surface area contributed by atoms with E-state index >= 15 is 0 Å². The number of thiophene rings is 1. The number of amides is 1. The summed E-state index contributed by atoms with van der Waals surface area (Å²) in [5.74, 6) is -0.283. The van der Waals surface area contributed by atoms with E-state index in [1.54, 1.807) is 24.3 Å². The van der Waals surface area contributed by atoms with Crippen LogP contribution in [0.15, 0.2) is 33.0 Å². The third kappa shape index (κ3) is 4.47. The molecule has 0 saturated carbocycles. The minimum atomic E-state index is -3.61. The van der Waals surface area contributed by atoms with Crippen molar-refractivity contribution in [2.45, 2.75) is 42.7 Å². The Morgan fingerprint density at radius 3 is 2.78 bits per heavy atom. The summed E-state index contributed by atoms with van der Waals surface area (Å²) in [5, 5.41) is 3.85. The van der Waals surface area contributed by atoms with Gasteiger partial charge in [0, 0.05) is 24.7 Å². The van der Waals surface area contributed by atoms with Gasteiger partial charge in [0.2, 0.25) is 15.9 Å². The lowest BCUT2D eigenvalue weighted by molar-refractivity contribution is -0.113. The van der Waals surface area contributed by atoms with Gasteiger partial charge in [-0.05, 0) is 55.9 Å². The first-order valence-electron chi connectivity index (χ1n) is 10.2. The quantitative estimate of drug-likeness (QED) is 0.404. The number of carbonyl (C=O) groups excluding carboxylic acids is 1. The van der Waals surface area contributed by atoms with Crippen molar-refractivity contribution in [1.82, 2.24) is 14.3 Å². The Hall–Kier alpha value is -2.21. The molecule has 2 aromatic heterocycles. The molecule has 0 aliphatic heterocycles. The highest BCUT2D eigenvalue weighted by molar-refractivity contribution is 7.99. The Morgan fingerprint density at radius 2 is 2.03 bits per heavy atom. The Labute approximate surface area is 194 Å². The van der Waals surface area contributed by atoms with Crippen molar-refractivity contribution in [1.29, 1.82) is 0 Å². The smallest absolute Gasteiger partial charge is 0.260 e. The summed E-state index contributed by atoms with van der Waals surface area (Å²) >= 11 is 2.71. The number of fused-ring (bicyclic) bond motifs is 3. The van der Waals surface area contributed by atoms with Crippen LogP contribution in [-0.4, -0.2) is 48.4 Å². The number of aromatic amines is 1. The largest absolute Gasteiger partial charge is 0.325 e. The highest BCUT2D eigenvalue weighted by Crippen LogP contribution is 2.34. The Kier molecular flexibility index (Phi) is 6.44. The Balaban J connectivity index is 1.49. The van der Waals surface area contributed by atoms with Crippen LogP contribution in [0, 0.1) is 6.92 Å². The summed E-state index contributed by atoms with van der Waals surface area (Å²) in [6, 6.07) is 4.62. The standard InChI is InChI=1S/C21H24N4O4S3/c1-12-8-9-13(32(28,29)25(2)3)10-15(12)22-17(26)11-30-21-23-19(27)18-14-6-4-5-7-16(14)31-20(18)24-21/h8-10H,4-7,11H2,1-3H3,(H,22,26)(H,23,24,27). The van der Waals surface area contributed by atoms with Crippen molar-refractivity contribution in [3.8, 4) is 0 Å². The van der Waals surface area contributed by atoms with Gasteiger partial charge in [0.15, 0.2) is 5.16 Å². The highest BCUT2D eigenvalue weighted by atomic mass is 32.2. The van der Waals surface area contributed by atoms with Crippen LogP contribution in [0.1, 0.15) is 28.8 Å². The molecule has 2 heterocycles. The molecule has 32 heavy (non-hydrogen) atoms. The molecule has 1 amide bonds. The minimum absolute atomic E-state index is 0.0314. The fraction of sp³-hybridized carbons (Fsp3) is 0.381. The van der Waals surface area contributed by atoms with Gasteiger partial charge in [-0.3, -0.25) is 9.59 Å². The fourth-order valence-corrected chi connectivity index (χ4v) is 6.55. The molecule has 170 valence electrons. The van der Waals surface area contributed by atoms with Crippen molar-refractivity contribution in [3.05, 3.63) is 44.6 Å². The van der Waals surface area contributed by atoms with Gasteiger partial charge in [-0.1, -0.05) is 17.8 Å². The third-order valence-corrected chi connectivity index (χ3v) is 9.28. The van der Waals surface area contributed by atoms with Crippen molar-refractivity contribution in [3.63, 3.8) is 0 Å². The summed E-state index contributed by atoms with van der Waals surface area (Å²) in [6.45, 7) is 1.79. The first kappa shape index (κ1) is 23.0. The van der Waals surface area contributed by atoms with E-state index in [1.807, 2.05) is 0 Å². The van der Waals surface area contributed by atoms with Crippen LogP contribution in [-0.2, 0) is 27.7 Å². The predicted octanol–water partition coefficient (Wildman–Crippen LogP) is 3.15. The van der Waals surface area contributed by atoms with E-state index in [0.29, 0.717) is 16.2 Å². The van der Waals surface area contributed by atoms with Gasteiger partial charge in [-0.15, -0.1) is 11.3 Å². The maximum Gasteiger partial charge on any atom is 0.260 e. The minimum Gasteiger partial charge on any atom is -0.325 e. The van der Waals surface area contributed by atoms with E-state index in [2.05, 4.69) is 15.3 Å². The van der Waals surface area contributed by atoms with Gasteiger partial charge in [0.25, 0.3) is 5.56 Å². The lowest BCUT2D eigenvalue weighted by atomic mass is 9.97. The van der Waals surface area contributed by atoms with Gasteiger partial charge < -0.3 is 10.3 Å². The average molecular weight is 493 g/mol. The number of carbonyl (C=O) groups is 1. The maximum atomic E-state index is 12.6. The van der Waals surface area contributed by atoms with E-state index in [4.69, 9.17) is 0 Å². The third-order valence-electron chi connectivity index (χ3n) is 5.41. The number of aryl methyl sites for hydroxylation is 3. The van der Waals surface area contributed by atoms with Crippen LogP contribution in [0.3, 0.4) is 0 Å². The van der Waals surface area contributed by atoms with Crippen molar-refractivity contribution in [2.75, 3.05) is 25.2 Å². The maximum absolute atomic E-state index is 12.6. The van der Waals surface area contributed by atoms with Gasteiger partial charge in [-0.2, -0.15) is 0 Å². The van der Waals surface area contributed by atoms with Crippen LogP contribution in [0.25, 0.3) is 10.2 Å². The molecule has 1 aromatic carbocycles. The molecule has 1 aliphatic carbocycles. The predicted molar refractivity (Wildman–Crippen MR) is 128 cm³/mol. The zero-order chi connectivity index (χ0) is 23.0. The van der Waals surface area contributed by atoms with Crippen LogP contribution >= 0.6 is 23.1 Å². The van der Waals surface area contributed by atoms with Crippen molar-refractivity contribution >= 4 is 54.9 Å². The van der Waals surface area contributed by atoms with Gasteiger partial charge >= 0.3 is 0 Å². The second kappa shape index (κ2) is 8.97. The van der Waals surface area contributed by atoms with E-state index in [1.165, 1.54) is 31.1 Å². The zero-order valence-corrected chi connectivity index (χ0v) is 20.5. The van der Waals surface area contributed by atoms with Gasteiger partial charge in [0.1, 0.15) is 4.83 Å². The molecular formula is C21H24N4O4S3. The molecule has 0 saturated heterocycles. The Bertz CT molecular complexity index is 1360. The highest BCUT2D eigenvalue weighted by Gasteiger charge is 2.21. The first-order valence-corrected chi connectivity index (χ1v) is 13.4. The summed E-state index contributed by atoms with van der Waals surface area (Å²) in [5.41, 5.74) is 2.15. The summed E-state index contributed by atoms with van der Waals surface area (Å²) < 4.78 is 25.9. The zero-order valence-electron chi connectivity index (χ0n) is 18.0. The SMILES string of the molecule is Cc1ccc(S(=O)(=O)N(C)C)cc1NC(=O)CSc1nc2sc3c(c2c(=O)[nH]1)CCCC3. The molecule has 0 bridgehead atoms. The lowest BCUT2D eigenvalue weighted by Crippen LogP contribution is -2.22. The molecule has 2 N–H and O–H groups in total. The number of H-pyrrole nitrogens is 1. The number of anilines is 1. The second-order valence-electron chi connectivity index (χ2n) is 7.86. The molecular weight excluding hydrogens is 468 g/mol. The number of hydrogen-bond acceptors (Lipinski definition) is 7. The normalized spacial score (nSPS) is 14.0. The monoisotopic (exact) mass is 492 g/mol. The molecule has 0 unspecified atom stereocenters. The Morgan fingerprint density at radius 1 is 1.28 bits per heavy atom. The van der Waals surface area contributed by atoms with Crippen molar-refractivity contribution < 1.29 is 13.2 Å².